The summed E-state index contributed by atoms with van der Waals surface area (Å²) in [7, 11) is 0. The van der Waals surface area contributed by atoms with Crippen molar-refractivity contribution in [3.8, 4) is 0 Å². The Morgan fingerprint density at radius 3 is 0.944 bits per heavy atom. The van der Waals surface area contributed by atoms with Crippen LogP contribution < -0.4 is 51.0 Å². The number of aromatic amines is 3. The van der Waals surface area contributed by atoms with Crippen molar-refractivity contribution in [3.05, 3.63) is 120 Å². The topological polar surface area (TPSA) is 707 Å². The lowest BCUT2D eigenvalue weighted by molar-refractivity contribution is -0.0561. The third-order valence-corrected chi connectivity index (χ3v) is 29.6. The van der Waals surface area contributed by atoms with Crippen molar-refractivity contribution >= 4 is 179 Å². The molecule has 126 heavy (non-hydrogen) atoms. The fourth-order valence-corrected chi connectivity index (χ4v) is 23.3. The molecule has 0 bridgehead atoms. The molecule has 0 spiro atoms. The number of rotatable bonds is 34. The molecule has 53 nitrogen and oxygen atoms in total. The second-order valence-corrected chi connectivity index (χ2v) is 45.8. The van der Waals surface area contributed by atoms with Crippen LogP contribution in [0.3, 0.4) is 0 Å². The molecule has 0 radical (unpaired) electrons. The van der Waals surface area contributed by atoms with E-state index in [0.29, 0.717) is 6.42 Å². The number of hydrogen-bond donors (Lipinski definition) is 14. The third kappa shape index (κ3) is 20.7. The van der Waals surface area contributed by atoms with Gasteiger partial charge in [-0.05, 0) is 91.1 Å². The van der Waals surface area contributed by atoms with Crippen LogP contribution in [0.1, 0.15) is 100 Å². The first-order valence-electron chi connectivity index (χ1n) is 37.7. The van der Waals surface area contributed by atoms with E-state index in [0.717, 1.165) is 4.57 Å². The fraction of sp³-hybridized carbons (Fsp3) is 0.541. The van der Waals surface area contributed by atoms with E-state index in [4.69, 9.17) is 172 Å². The Labute approximate surface area is 736 Å². The van der Waals surface area contributed by atoms with Crippen LogP contribution in [-0.2, 0) is 149 Å². The van der Waals surface area contributed by atoms with Gasteiger partial charge in [0.05, 0.1) is 101 Å². The van der Waals surface area contributed by atoms with Gasteiger partial charge < -0.3 is 135 Å². The van der Waals surface area contributed by atoms with Crippen molar-refractivity contribution in [2.45, 2.75) is 176 Å². The van der Waals surface area contributed by atoms with E-state index in [1.165, 1.54) is 93.4 Å². The first kappa shape index (κ1) is 92.8. The van der Waals surface area contributed by atoms with Crippen LogP contribution >= 0.6 is 40.3 Å². The first-order chi connectivity index (χ1) is 59.6. The van der Waals surface area contributed by atoms with E-state index in [2.05, 4.69) is 69.8 Å². The molecule has 16 heterocycles. The number of H-pyrrole nitrogens is 3. The maximum atomic E-state index is 13.4. The van der Waals surface area contributed by atoms with Crippen molar-refractivity contribution in [1.82, 2.24) is 97.2 Å². The molecule has 65 heteroatoms. The lowest BCUT2D eigenvalue weighted by Gasteiger charge is -2.28. The zero-order chi connectivity index (χ0) is 89.6. The molecule has 0 aromatic carbocycles. The van der Waals surface area contributed by atoms with Gasteiger partial charge in [-0.25, -0.2) is 59.4 Å². The number of ether oxygens (including phenoxy) is 6. The highest BCUT2D eigenvalue weighted by Gasteiger charge is 2.50. The molecule has 18 N–H and O–H groups in total. The van der Waals surface area contributed by atoms with Gasteiger partial charge in [0.1, 0.15) is 103 Å². The Bertz CT molecular complexity index is 6450. The lowest BCUT2D eigenvalue weighted by atomic mass is 10.1. The lowest BCUT2D eigenvalue weighted by Crippen LogP contribution is -2.33. The largest absolute Gasteiger partial charge is 0.382 e. The van der Waals surface area contributed by atoms with Crippen LogP contribution in [0.15, 0.2) is 80.7 Å². The molecule has 0 amide bonds. The Morgan fingerprint density at radius 2 is 0.643 bits per heavy atom. The van der Waals surface area contributed by atoms with E-state index < -0.39 is 212 Å². The highest BCUT2D eigenvalue weighted by Crippen LogP contribution is 2.58. The smallest absolute Gasteiger partial charge is 0.330 e. The van der Waals surface area contributed by atoms with Crippen molar-refractivity contribution in [1.29, 1.82) is 0 Å². The summed E-state index contributed by atoms with van der Waals surface area (Å²) >= 11 is 33.0. The van der Waals surface area contributed by atoms with Gasteiger partial charge in [-0.3, -0.25) is 56.7 Å². The van der Waals surface area contributed by atoms with Gasteiger partial charge in [0, 0.05) is 62.0 Å². The summed E-state index contributed by atoms with van der Waals surface area (Å²) in [4.78, 5) is 198. The van der Waals surface area contributed by atoms with Gasteiger partial charge in [-0.15, -0.1) is 0 Å². The van der Waals surface area contributed by atoms with Crippen LogP contribution in [0.5, 0.6) is 0 Å². The molecule has 0 aliphatic carbocycles. The second-order valence-electron chi connectivity index (χ2n) is 29.3. The number of anilines is 4. The number of fused-ring (bicyclic) bond motifs is 4. The van der Waals surface area contributed by atoms with E-state index in [-0.39, 0.29) is 118 Å². The van der Waals surface area contributed by atoms with E-state index in [1.54, 1.807) is 6.92 Å². The minimum absolute atomic E-state index is 0.00733. The SMILES string of the molecule is CC[C@H]1O[C@@H](n2cc(C)c(=O)[nH]c2=O)C[C@H]1OP(O)(=S)OC[C@H]1O[C@@H](n2cnc3c(N)ncnc32)C[C@H]1OP(O)(=S)OC[C@H]1O[C@@H](n2cnc3c(N)ncnc32)C[C@H]1OP(O)(=S)OC[C@H]1O[C@@H](n2cnc3c(N)ncnc32)C[C@H]1OP(O)(=S)OC[C@H]1O[C@@H](n2cc(C)c(=O)[nH]c2=O)C[C@H]1OP(O)(=S)OC[C@H]1O[C@@H](n2cnc3c(=O)[nH]c(N)nc32)C[C@H]1OP(O)(O)=S. The summed E-state index contributed by atoms with van der Waals surface area (Å²) in [6.07, 6.45) is -10.5. The summed E-state index contributed by atoms with van der Waals surface area (Å²) in [6, 6.07) is 0. The molecule has 10 aromatic rings. The van der Waals surface area contributed by atoms with Gasteiger partial charge in [0.25, 0.3) is 16.7 Å². The Hall–Kier alpha value is -6.50. The molecule has 6 saturated heterocycles. The molecular formula is C61H78N24O29P6S6. The molecule has 0 saturated carbocycles. The Kier molecular flexibility index (Phi) is 27.2. The molecular weight excluding hydrogens is 1910 g/mol. The molecule has 6 fully saturated rings. The number of hydrogen-bond acceptors (Lipinski definition) is 43. The van der Waals surface area contributed by atoms with Gasteiger partial charge in [0.2, 0.25) is 5.95 Å². The average Bonchev–Trinajstić information content (AvgIpc) is 1.64. The van der Waals surface area contributed by atoms with Gasteiger partial charge >= 0.3 is 51.7 Å². The maximum absolute atomic E-state index is 13.4. The molecule has 10 aromatic heterocycles. The molecule has 16 rings (SSSR count). The molecule has 6 aliphatic heterocycles. The number of aromatic nitrogens is 20. The monoisotopic (exact) mass is 1990 g/mol. The summed E-state index contributed by atoms with van der Waals surface area (Å²) in [5, 5.41) is 0. The van der Waals surface area contributed by atoms with E-state index >= 15 is 0 Å². The number of aryl methyl sites for hydroxylation is 2. The van der Waals surface area contributed by atoms with Crippen molar-refractivity contribution < 1.29 is 112 Å². The van der Waals surface area contributed by atoms with Crippen molar-refractivity contribution in [3.63, 3.8) is 0 Å². The molecule has 23 atom stereocenters. The van der Waals surface area contributed by atoms with Gasteiger partial charge in [-0.2, -0.15) is 4.98 Å². The third-order valence-electron chi connectivity index (χ3n) is 20.9. The number of nitrogen functional groups attached to an aromatic ring is 4. The summed E-state index contributed by atoms with van der Waals surface area (Å²) in [6.45, 7) is -25.6. The van der Waals surface area contributed by atoms with Gasteiger partial charge in [-0.1, -0.05) is 6.92 Å². The molecule has 6 aliphatic rings. The molecule has 5 unspecified atom stereocenters. The normalized spacial score (nSPS) is 29.0. The predicted molar refractivity (Wildman–Crippen MR) is 456 cm³/mol. The fourth-order valence-electron chi connectivity index (χ4n) is 15.0. The highest BCUT2D eigenvalue weighted by atomic mass is 32.5. The number of nitrogens with one attached hydrogen (secondary N) is 3. The standard InChI is InChI=1S/C61H78N24O29P6S6/c1-4-27-28(5-39(103-27)80-11-25(2)56(86)78-60(80)89)110-116(93,122)99-15-36-31(8-41(106-36)82-21-72-45-49(62)66-18-69-52(45)82)113-119(96,125)101-17-38-33(10-43(108-38)84-23-74-47-51(64)68-20-71-54(47)84)114-120(97,126)102-16-37-32(9-42(107-37)83-22-73-46-50(63)67-19-70-53(46)83)112-118(95,124)100-14-35-30(7-40(104-35)81-12-26(3)57(87)79-61(81)90)111-117(94,123)98-13-34-29(109-115(91,92)121)6-44(105-34)85-24-75-48-55(85)76-59(65)77-58(48)88/h11-12,18-24,27-44H,4-10,13-17H2,1-3H3,(H,93,122)(H,94,123)(H,95,124)(H,96,125)(H,97,126)(H2,62,66,69)(H2,63,67,70)(H2,64,68,71)(H,78,86,89)(H,79,87,90)(H2,91,92,121)(H3,65,76,77,88)/t27-,28-,29-,30-,31-,32-,33-,34-,35-,36-,37-,38-,39-,40-,41-,42-,43-,44-,116?,117?,118?,119?,120?/m1/s1. The zero-order valence-electron chi connectivity index (χ0n) is 65.2. The van der Waals surface area contributed by atoms with Crippen LogP contribution in [0.2, 0.25) is 0 Å². The number of imidazole rings is 4. The highest BCUT2D eigenvalue weighted by molar-refractivity contribution is 8.08. The number of nitrogens with zero attached hydrogens (tertiary/aromatic N) is 17. The summed E-state index contributed by atoms with van der Waals surface area (Å²) < 4.78 is 113. The summed E-state index contributed by atoms with van der Waals surface area (Å²) in [5.41, 5.74) is 22.2. The minimum Gasteiger partial charge on any atom is -0.382 e. The van der Waals surface area contributed by atoms with Crippen LogP contribution in [0.4, 0.5) is 23.4 Å². The zero-order valence-corrected chi connectivity index (χ0v) is 75.5. The maximum Gasteiger partial charge on any atom is 0.330 e. The van der Waals surface area contributed by atoms with E-state index in [1.807, 2.05) is 0 Å². The average molecular weight is 1990 g/mol. The molecule has 682 valence electrons. The van der Waals surface area contributed by atoms with Crippen molar-refractivity contribution in [2.75, 3.05) is 56.0 Å². The predicted octanol–water partition coefficient (Wildman–Crippen LogP) is 0.508. The van der Waals surface area contributed by atoms with Crippen LogP contribution in [0, 0.1) is 13.8 Å². The first-order valence-corrected chi connectivity index (χ1v) is 53.3. The minimum atomic E-state index is -4.64. The second kappa shape index (κ2) is 36.9. The quantitative estimate of drug-likeness (QED) is 0.0244. The number of nitrogens with two attached hydrogens (primary N) is 4. The Morgan fingerprint density at radius 1 is 0.373 bits per heavy atom. The summed E-state index contributed by atoms with van der Waals surface area (Å²) in [5.74, 6) is -0.158. The van der Waals surface area contributed by atoms with Crippen LogP contribution in [0.25, 0.3) is 44.7 Å². The van der Waals surface area contributed by atoms with Crippen LogP contribution in [-0.4, -0.2) is 238 Å². The van der Waals surface area contributed by atoms with Gasteiger partial charge in [0.15, 0.2) is 45.6 Å². The Balaban J connectivity index is 0.613. The van der Waals surface area contributed by atoms with E-state index in [9.17, 15) is 58.2 Å². The van der Waals surface area contributed by atoms with Crippen molar-refractivity contribution in [2.24, 2.45) is 0 Å².